The third kappa shape index (κ3) is 4.43. The Morgan fingerprint density at radius 2 is 2.14 bits per heavy atom. The van der Waals surface area contributed by atoms with Crippen LogP contribution in [-0.4, -0.2) is 28.9 Å². The molecule has 0 aliphatic heterocycles. The molecule has 2 rings (SSSR count). The zero-order valence-electron chi connectivity index (χ0n) is 12.0. The summed E-state index contributed by atoms with van der Waals surface area (Å²) in [5.41, 5.74) is 1.71. The summed E-state index contributed by atoms with van der Waals surface area (Å²) in [5.74, 6) is 0. The number of benzene rings is 1. The Labute approximate surface area is 134 Å². The first-order valence-corrected chi connectivity index (χ1v) is 7.79. The molecule has 0 aliphatic carbocycles. The SMILES string of the molecule is CC(CN(C)Cc1ccccc1)Nc1snc(Cl)c1C#N. The second-order valence-electron chi connectivity index (χ2n) is 5.02. The number of anilines is 1. The van der Waals surface area contributed by atoms with Gasteiger partial charge in [0.2, 0.25) is 0 Å². The van der Waals surface area contributed by atoms with Crippen molar-refractivity contribution in [2.75, 3.05) is 18.9 Å². The van der Waals surface area contributed by atoms with E-state index in [1.807, 2.05) is 18.2 Å². The smallest absolute Gasteiger partial charge is 0.162 e. The largest absolute Gasteiger partial charge is 0.371 e. The van der Waals surface area contributed by atoms with Crippen LogP contribution >= 0.6 is 23.1 Å². The Morgan fingerprint density at radius 1 is 1.43 bits per heavy atom. The fourth-order valence-corrected chi connectivity index (χ4v) is 3.21. The number of aromatic nitrogens is 1. The highest BCUT2D eigenvalue weighted by molar-refractivity contribution is 7.10. The van der Waals surface area contributed by atoms with Crippen LogP contribution in [-0.2, 0) is 6.54 Å². The monoisotopic (exact) mass is 320 g/mol. The summed E-state index contributed by atoms with van der Waals surface area (Å²) in [6.45, 7) is 3.83. The van der Waals surface area contributed by atoms with Crippen molar-refractivity contribution in [3.63, 3.8) is 0 Å². The number of nitrogens with one attached hydrogen (secondary N) is 1. The molecule has 1 aromatic heterocycles. The maximum Gasteiger partial charge on any atom is 0.162 e. The van der Waals surface area contributed by atoms with E-state index in [4.69, 9.17) is 16.9 Å². The summed E-state index contributed by atoms with van der Waals surface area (Å²) in [5, 5.41) is 13.4. The van der Waals surface area contributed by atoms with Crippen molar-refractivity contribution < 1.29 is 0 Å². The van der Waals surface area contributed by atoms with E-state index in [2.05, 4.69) is 46.8 Å². The van der Waals surface area contributed by atoms with E-state index in [0.717, 1.165) is 18.1 Å². The summed E-state index contributed by atoms with van der Waals surface area (Å²) in [6.07, 6.45) is 0. The number of nitrogens with zero attached hydrogens (tertiary/aromatic N) is 3. The lowest BCUT2D eigenvalue weighted by molar-refractivity contribution is 0.316. The Hall–Kier alpha value is -1.61. The van der Waals surface area contributed by atoms with Gasteiger partial charge in [0, 0.05) is 19.1 Å². The van der Waals surface area contributed by atoms with Crippen molar-refractivity contribution in [1.29, 1.82) is 5.26 Å². The number of halogens is 1. The molecule has 1 heterocycles. The summed E-state index contributed by atoms with van der Waals surface area (Å²) in [7, 11) is 2.08. The molecule has 0 bridgehead atoms. The minimum Gasteiger partial charge on any atom is -0.371 e. The highest BCUT2D eigenvalue weighted by Crippen LogP contribution is 2.28. The summed E-state index contributed by atoms with van der Waals surface area (Å²) >= 11 is 7.09. The molecule has 1 N–H and O–H groups in total. The molecule has 6 heteroatoms. The Bertz CT molecular complexity index is 620. The normalized spacial score (nSPS) is 12.1. The van der Waals surface area contributed by atoms with Crippen LogP contribution in [0.25, 0.3) is 0 Å². The van der Waals surface area contributed by atoms with Gasteiger partial charge in [-0.2, -0.15) is 9.64 Å². The fourth-order valence-electron chi connectivity index (χ4n) is 2.16. The molecule has 1 unspecified atom stereocenters. The fraction of sp³-hybridized carbons (Fsp3) is 0.333. The third-order valence-electron chi connectivity index (χ3n) is 3.02. The van der Waals surface area contributed by atoms with Gasteiger partial charge < -0.3 is 10.2 Å². The summed E-state index contributed by atoms with van der Waals surface area (Å²) in [4.78, 5) is 2.24. The molecule has 0 spiro atoms. The van der Waals surface area contributed by atoms with Crippen LogP contribution in [0.4, 0.5) is 5.00 Å². The number of nitriles is 1. The van der Waals surface area contributed by atoms with Gasteiger partial charge in [-0.3, -0.25) is 0 Å². The van der Waals surface area contributed by atoms with Crippen molar-refractivity contribution >= 4 is 28.1 Å². The quantitative estimate of drug-likeness (QED) is 0.883. The van der Waals surface area contributed by atoms with Gasteiger partial charge in [-0.25, -0.2) is 0 Å². The van der Waals surface area contributed by atoms with E-state index in [0.29, 0.717) is 5.56 Å². The van der Waals surface area contributed by atoms with E-state index in [9.17, 15) is 0 Å². The molecular weight excluding hydrogens is 304 g/mol. The van der Waals surface area contributed by atoms with Crippen molar-refractivity contribution in [2.24, 2.45) is 0 Å². The molecule has 1 atom stereocenters. The molecule has 0 saturated carbocycles. The summed E-state index contributed by atoms with van der Waals surface area (Å²) in [6, 6.07) is 12.6. The molecule has 1 aromatic carbocycles. The van der Waals surface area contributed by atoms with Crippen LogP contribution in [0.5, 0.6) is 0 Å². The number of hydrogen-bond donors (Lipinski definition) is 1. The van der Waals surface area contributed by atoms with Gasteiger partial charge >= 0.3 is 0 Å². The third-order valence-corrected chi connectivity index (χ3v) is 4.17. The number of likely N-dealkylation sites (N-methyl/N-ethyl adjacent to an activating group) is 1. The second kappa shape index (κ2) is 7.41. The topological polar surface area (TPSA) is 52.0 Å². The lowest BCUT2D eigenvalue weighted by atomic mass is 10.2. The predicted octanol–water partition coefficient (Wildman–Crippen LogP) is 3.60. The first-order valence-electron chi connectivity index (χ1n) is 6.64. The molecule has 0 aliphatic rings. The highest BCUT2D eigenvalue weighted by Gasteiger charge is 2.14. The van der Waals surface area contributed by atoms with Crippen molar-refractivity contribution in [3.8, 4) is 6.07 Å². The molecule has 21 heavy (non-hydrogen) atoms. The van der Waals surface area contributed by atoms with Gasteiger partial charge in [0.05, 0.1) is 0 Å². The van der Waals surface area contributed by atoms with Crippen LogP contribution in [0.3, 0.4) is 0 Å². The molecule has 110 valence electrons. The Balaban J connectivity index is 1.89. The van der Waals surface area contributed by atoms with Crippen molar-refractivity contribution in [3.05, 3.63) is 46.6 Å². The summed E-state index contributed by atoms with van der Waals surface area (Å²) < 4.78 is 4.00. The molecule has 2 aromatic rings. The van der Waals surface area contributed by atoms with E-state index in [1.54, 1.807) is 0 Å². The van der Waals surface area contributed by atoms with Gasteiger partial charge in [0.25, 0.3) is 0 Å². The average molecular weight is 321 g/mol. The van der Waals surface area contributed by atoms with E-state index in [-0.39, 0.29) is 11.2 Å². The van der Waals surface area contributed by atoms with Crippen LogP contribution < -0.4 is 5.32 Å². The minimum absolute atomic E-state index is 0.197. The van der Waals surface area contributed by atoms with Crippen LogP contribution in [0.1, 0.15) is 18.1 Å². The van der Waals surface area contributed by atoms with Gasteiger partial charge in [-0.15, -0.1) is 0 Å². The molecule has 0 fully saturated rings. The minimum atomic E-state index is 0.197. The van der Waals surface area contributed by atoms with Crippen molar-refractivity contribution in [1.82, 2.24) is 9.27 Å². The maximum atomic E-state index is 9.06. The highest BCUT2D eigenvalue weighted by atomic mass is 35.5. The first kappa shape index (κ1) is 15.8. The lowest BCUT2D eigenvalue weighted by Gasteiger charge is -2.22. The zero-order chi connectivity index (χ0) is 15.2. The standard InChI is InChI=1S/C15H17ClN4S/c1-11(18-15-13(8-17)14(16)19-21-15)9-20(2)10-12-6-4-3-5-7-12/h3-7,11,18H,9-10H2,1-2H3. The van der Waals surface area contributed by atoms with Gasteiger partial charge in [-0.05, 0) is 31.1 Å². The second-order valence-corrected chi connectivity index (χ2v) is 6.15. The van der Waals surface area contributed by atoms with Crippen molar-refractivity contribution in [2.45, 2.75) is 19.5 Å². The van der Waals surface area contributed by atoms with Gasteiger partial charge in [0.1, 0.15) is 16.6 Å². The van der Waals surface area contributed by atoms with Crippen LogP contribution in [0.15, 0.2) is 30.3 Å². The molecule has 4 nitrogen and oxygen atoms in total. The Kier molecular flexibility index (Phi) is 5.57. The average Bonchev–Trinajstić information content (AvgIpc) is 2.79. The molecule has 0 amide bonds. The molecule has 0 radical (unpaired) electrons. The zero-order valence-corrected chi connectivity index (χ0v) is 13.6. The predicted molar refractivity (Wildman–Crippen MR) is 87.7 cm³/mol. The van der Waals surface area contributed by atoms with Gasteiger partial charge in [0.15, 0.2) is 5.15 Å². The first-order chi connectivity index (χ1) is 10.1. The van der Waals surface area contributed by atoms with Gasteiger partial charge in [-0.1, -0.05) is 41.9 Å². The molecule has 0 saturated heterocycles. The molecular formula is C15H17ClN4S. The Morgan fingerprint density at radius 3 is 2.81 bits per heavy atom. The number of hydrogen-bond acceptors (Lipinski definition) is 5. The maximum absolute atomic E-state index is 9.06. The lowest BCUT2D eigenvalue weighted by Crippen LogP contribution is -2.31. The van der Waals surface area contributed by atoms with Crippen LogP contribution in [0.2, 0.25) is 5.15 Å². The van der Waals surface area contributed by atoms with Crippen LogP contribution in [0, 0.1) is 11.3 Å². The number of rotatable bonds is 6. The van der Waals surface area contributed by atoms with E-state index >= 15 is 0 Å². The van der Waals surface area contributed by atoms with E-state index in [1.165, 1.54) is 17.1 Å². The van der Waals surface area contributed by atoms with E-state index < -0.39 is 0 Å².